The monoisotopic (exact) mass is 238 g/mol. The fourth-order valence-corrected chi connectivity index (χ4v) is 1.41. The highest BCUT2D eigenvalue weighted by atomic mass is 32.2. The third kappa shape index (κ3) is 10.1. The van der Waals surface area contributed by atoms with Gasteiger partial charge in [0, 0.05) is 20.2 Å². The van der Waals surface area contributed by atoms with E-state index >= 15 is 0 Å². The van der Waals surface area contributed by atoms with E-state index in [1.165, 1.54) is 0 Å². The molecule has 0 rings (SSSR count). The molecule has 0 atom stereocenters. The molecule has 0 radical (unpaired) electrons. The van der Waals surface area contributed by atoms with E-state index in [1.807, 2.05) is 13.8 Å². The molecule has 0 aromatic heterocycles. The van der Waals surface area contributed by atoms with Gasteiger partial charge in [-0.05, 0) is 26.8 Å². The normalized spacial score (nSPS) is 13.1. The smallest absolute Gasteiger partial charge is 0.208 e. The van der Waals surface area contributed by atoms with Crippen LogP contribution in [0.25, 0.3) is 0 Å². The van der Waals surface area contributed by atoms with Crippen LogP contribution in [0.4, 0.5) is 0 Å². The zero-order valence-electron chi connectivity index (χ0n) is 9.96. The zero-order chi connectivity index (χ0) is 11.9. The van der Waals surface area contributed by atoms with Gasteiger partial charge < -0.3 is 10.1 Å². The first-order valence-electron chi connectivity index (χ1n) is 4.97. The molecule has 0 saturated carbocycles. The predicted octanol–water partition coefficient (Wildman–Crippen LogP) is -0.0597. The van der Waals surface area contributed by atoms with Crippen LogP contribution in [0.2, 0.25) is 0 Å². The van der Waals surface area contributed by atoms with Crippen molar-refractivity contribution >= 4 is 10.0 Å². The summed E-state index contributed by atoms with van der Waals surface area (Å²) in [5, 5.41) is 3.14. The summed E-state index contributed by atoms with van der Waals surface area (Å²) in [6.45, 7) is 5.90. The molecule has 92 valence electrons. The van der Waals surface area contributed by atoms with Crippen LogP contribution in [0.5, 0.6) is 0 Å². The van der Waals surface area contributed by atoms with E-state index in [0.29, 0.717) is 13.1 Å². The predicted molar refractivity (Wildman–Crippen MR) is 61.4 cm³/mol. The van der Waals surface area contributed by atoms with Gasteiger partial charge in [-0.2, -0.15) is 0 Å². The Kier molecular flexibility index (Phi) is 6.35. The number of hydrogen-bond donors (Lipinski definition) is 2. The lowest BCUT2D eigenvalue weighted by Gasteiger charge is -2.22. The maximum absolute atomic E-state index is 10.7. The van der Waals surface area contributed by atoms with E-state index < -0.39 is 10.0 Å². The van der Waals surface area contributed by atoms with Crippen molar-refractivity contribution in [1.82, 2.24) is 10.0 Å². The molecule has 15 heavy (non-hydrogen) atoms. The van der Waals surface area contributed by atoms with Gasteiger partial charge in [0.2, 0.25) is 10.0 Å². The third-order valence-corrected chi connectivity index (χ3v) is 2.85. The molecule has 0 spiro atoms. The molecule has 0 heterocycles. The summed E-state index contributed by atoms with van der Waals surface area (Å²) in [5.41, 5.74) is -0.128. The standard InChI is InChI=1S/C9H22N2O3S/c1-9(2,14-3)5-6-10-7-8-11-15(4,12)13/h10-11H,5-8H2,1-4H3. The summed E-state index contributed by atoms with van der Waals surface area (Å²) in [5.74, 6) is 0. The van der Waals surface area contributed by atoms with Crippen molar-refractivity contribution in [2.75, 3.05) is 33.0 Å². The summed E-state index contributed by atoms with van der Waals surface area (Å²) in [7, 11) is -1.37. The minimum Gasteiger partial charge on any atom is -0.379 e. The lowest BCUT2D eigenvalue weighted by atomic mass is 10.1. The second-order valence-electron chi connectivity index (χ2n) is 4.13. The first-order chi connectivity index (χ1) is 6.77. The van der Waals surface area contributed by atoms with E-state index in [1.54, 1.807) is 7.11 Å². The molecule has 0 unspecified atom stereocenters. The molecule has 5 nitrogen and oxygen atoms in total. The molecule has 0 aliphatic carbocycles. The van der Waals surface area contributed by atoms with Crippen LogP contribution < -0.4 is 10.0 Å². The van der Waals surface area contributed by atoms with Crippen LogP contribution in [0, 0.1) is 0 Å². The van der Waals surface area contributed by atoms with Gasteiger partial charge in [-0.25, -0.2) is 13.1 Å². The minimum absolute atomic E-state index is 0.128. The lowest BCUT2D eigenvalue weighted by molar-refractivity contribution is 0.0159. The lowest BCUT2D eigenvalue weighted by Crippen LogP contribution is -2.34. The molecule has 0 bridgehead atoms. The third-order valence-electron chi connectivity index (χ3n) is 2.12. The van der Waals surface area contributed by atoms with Crippen LogP contribution in [-0.4, -0.2) is 47.0 Å². The number of rotatable bonds is 8. The number of methoxy groups -OCH3 is 1. The van der Waals surface area contributed by atoms with Crippen molar-refractivity contribution < 1.29 is 13.2 Å². The maximum atomic E-state index is 10.7. The van der Waals surface area contributed by atoms with Gasteiger partial charge >= 0.3 is 0 Å². The van der Waals surface area contributed by atoms with Gasteiger partial charge in [-0.15, -0.1) is 0 Å². The Morgan fingerprint density at radius 1 is 1.20 bits per heavy atom. The number of sulfonamides is 1. The molecule has 0 aliphatic rings. The summed E-state index contributed by atoms with van der Waals surface area (Å²) in [6, 6.07) is 0. The second kappa shape index (κ2) is 6.42. The van der Waals surface area contributed by atoms with E-state index in [0.717, 1.165) is 19.2 Å². The van der Waals surface area contributed by atoms with Gasteiger partial charge in [0.1, 0.15) is 0 Å². The number of nitrogens with one attached hydrogen (secondary N) is 2. The van der Waals surface area contributed by atoms with Crippen molar-refractivity contribution in [2.45, 2.75) is 25.9 Å². The first kappa shape index (κ1) is 14.8. The molecule has 0 fully saturated rings. The van der Waals surface area contributed by atoms with Crippen LogP contribution in [0.3, 0.4) is 0 Å². The average Bonchev–Trinajstić information content (AvgIpc) is 2.09. The van der Waals surface area contributed by atoms with Crippen LogP contribution >= 0.6 is 0 Å². The zero-order valence-corrected chi connectivity index (χ0v) is 10.8. The highest BCUT2D eigenvalue weighted by molar-refractivity contribution is 7.88. The Labute approximate surface area is 92.6 Å². The summed E-state index contributed by atoms with van der Waals surface area (Å²) >= 11 is 0. The van der Waals surface area contributed by atoms with E-state index in [9.17, 15) is 8.42 Å². The highest BCUT2D eigenvalue weighted by Gasteiger charge is 2.14. The Balaban J connectivity index is 3.41. The van der Waals surface area contributed by atoms with E-state index in [-0.39, 0.29) is 5.60 Å². The van der Waals surface area contributed by atoms with Crippen molar-refractivity contribution in [3.05, 3.63) is 0 Å². The minimum atomic E-state index is -3.06. The molecule has 0 amide bonds. The Morgan fingerprint density at radius 2 is 1.80 bits per heavy atom. The quantitative estimate of drug-likeness (QED) is 0.581. The van der Waals surface area contributed by atoms with Crippen molar-refractivity contribution in [1.29, 1.82) is 0 Å². The Bertz CT molecular complexity index is 263. The van der Waals surface area contributed by atoms with Gasteiger partial charge in [-0.3, -0.25) is 0 Å². The largest absolute Gasteiger partial charge is 0.379 e. The molecule has 6 heteroatoms. The van der Waals surface area contributed by atoms with Gasteiger partial charge in [0.25, 0.3) is 0 Å². The maximum Gasteiger partial charge on any atom is 0.208 e. The second-order valence-corrected chi connectivity index (χ2v) is 5.96. The molecule has 0 aromatic rings. The number of ether oxygens (including phenoxy) is 1. The van der Waals surface area contributed by atoms with Crippen LogP contribution in [0.15, 0.2) is 0 Å². The SMILES string of the molecule is COC(C)(C)CCNCCNS(C)(=O)=O. The van der Waals surface area contributed by atoms with Crippen molar-refractivity contribution in [3.8, 4) is 0 Å². The van der Waals surface area contributed by atoms with Gasteiger partial charge in [0.05, 0.1) is 11.9 Å². The van der Waals surface area contributed by atoms with E-state index in [4.69, 9.17) is 4.74 Å². The fourth-order valence-electron chi connectivity index (χ4n) is 0.941. The Morgan fingerprint density at radius 3 is 2.27 bits per heavy atom. The average molecular weight is 238 g/mol. The summed E-state index contributed by atoms with van der Waals surface area (Å²) in [6.07, 6.45) is 2.05. The van der Waals surface area contributed by atoms with Crippen LogP contribution in [-0.2, 0) is 14.8 Å². The van der Waals surface area contributed by atoms with E-state index in [2.05, 4.69) is 10.0 Å². The molecule has 0 aliphatic heterocycles. The van der Waals surface area contributed by atoms with Crippen molar-refractivity contribution in [3.63, 3.8) is 0 Å². The molecule has 0 saturated heterocycles. The molecular formula is C9H22N2O3S. The molecule has 0 aromatic carbocycles. The van der Waals surface area contributed by atoms with Crippen molar-refractivity contribution in [2.24, 2.45) is 0 Å². The summed E-state index contributed by atoms with van der Waals surface area (Å²) < 4.78 is 29.1. The molecular weight excluding hydrogens is 216 g/mol. The fraction of sp³-hybridized carbons (Fsp3) is 1.00. The van der Waals surface area contributed by atoms with Crippen LogP contribution in [0.1, 0.15) is 20.3 Å². The van der Waals surface area contributed by atoms with Gasteiger partial charge in [-0.1, -0.05) is 0 Å². The first-order valence-corrected chi connectivity index (χ1v) is 6.86. The Hall–Kier alpha value is -0.170. The molecule has 2 N–H and O–H groups in total. The topological polar surface area (TPSA) is 67.4 Å². The number of hydrogen-bond acceptors (Lipinski definition) is 4. The summed E-state index contributed by atoms with van der Waals surface area (Å²) in [4.78, 5) is 0. The van der Waals surface area contributed by atoms with Gasteiger partial charge in [0.15, 0.2) is 0 Å². The highest BCUT2D eigenvalue weighted by Crippen LogP contribution is 2.10.